The minimum absolute atomic E-state index is 0.169. The van der Waals surface area contributed by atoms with Gasteiger partial charge in [0.25, 0.3) is 0 Å². The van der Waals surface area contributed by atoms with E-state index < -0.39 is 0 Å². The van der Waals surface area contributed by atoms with Crippen molar-refractivity contribution in [2.24, 2.45) is 5.92 Å². The van der Waals surface area contributed by atoms with E-state index in [0.29, 0.717) is 18.2 Å². The lowest BCUT2D eigenvalue weighted by Crippen LogP contribution is -2.28. The van der Waals surface area contributed by atoms with Gasteiger partial charge in [-0.05, 0) is 18.8 Å². The van der Waals surface area contributed by atoms with E-state index in [4.69, 9.17) is 11.6 Å². The van der Waals surface area contributed by atoms with E-state index in [2.05, 4.69) is 19.2 Å². The molecule has 0 fully saturated rings. The van der Waals surface area contributed by atoms with Crippen molar-refractivity contribution in [2.75, 3.05) is 12.4 Å². The molecule has 0 aliphatic heterocycles. The number of halogens is 1. The van der Waals surface area contributed by atoms with Gasteiger partial charge >= 0.3 is 0 Å². The third-order valence-electron chi connectivity index (χ3n) is 2.53. The molecule has 0 spiro atoms. The van der Waals surface area contributed by atoms with Crippen LogP contribution in [0.2, 0.25) is 0 Å². The van der Waals surface area contributed by atoms with Gasteiger partial charge in [-0.3, -0.25) is 4.79 Å². The Balaban J connectivity index is 3.42. The van der Waals surface area contributed by atoms with Gasteiger partial charge in [-0.2, -0.15) is 0 Å². The number of hydrogen-bond donors (Lipinski definition) is 1. The fourth-order valence-corrected chi connectivity index (χ4v) is 1.49. The average molecular weight is 220 g/mol. The van der Waals surface area contributed by atoms with Crippen LogP contribution < -0.4 is 5.32 Å². The van der Waals surface area contributed by atoms with Crippen LogP contribution in [-0.4, -0.2) is 18.3 Å². The van der Waals surface area contributed by atoms with Crippen LogP contribution in [0.15, 0.2) is 0 Å². The van der Waals surface area contributed by atoms with Crippen molar-refractivity contribution in [3.8, 4) is 0 Å². The third-order valence-corrected chi connectivity index (χ3v) is 2.80. The number of nitrogens with one attached hydrogen (secondary N) is 1. The molecule has 0 aromatic heterocycles. The Morgan fingerprint density at radius 3 is 2.43 bits per heavy atom. The summed E-state index contributed by atoms with van der Waals surface area (Å²) >= 11 is 5.53. The van der Waals surface area contributed by atoms with Crippen molar-refractivity contribution in [1.29, 1.82) is 0 Å². The lowest BCUT2D eigenvalue weighted by Gasteiger charge is -2.12. The normalized spacial score (nSPS) is 10.6. The maximum atomic E-state index is 11.3. The zero-order valence-electron chi connectivity index (χ0n) is 9.31. The standard InChI is InChI=1S/C11H22ClNO/c1-3-10(4-2)9-13-11(14)7-5-6-8-12/h10H,3-9H2,1-2H3,(H,13,14). The first-order chi connectivity index (χ1) is 6.74. The van der Waals surface area contributed by atoms with E-state index in [1.165, 1.54) is 0 Å². The minimum atomic E-state index is 0.169. The van der Waals surface area contributed by atoms with Crippen LogP contribution in [0.1, 0.15) is 46.0 Å². The highest BCUT2D eigenvalue weighted by Gasteiger charge is 2.05. The summed E-state index contributed by atoms with van der Waals surface area (Å²) < 4.78 is 0. The summed E-state index contributed by atoms with van der Waals surface area (Å²) in [6.07, 6.45) is 4.72. The highest BCUT2D eigenvalue weighted by atomic mass is 35.5. The lowest BCUT2D eigenvalue weighted by atomic mass is 10.0. The van der Waals surface area contributed by atoms with E-state index in [9.17, 15) is 4.79 Å². The van der Waals surface area contributed by atoms with Crippen molar-refractivity contribution >= 4 is 17.5 Å². The summed E-state index contributed by atoms with van der Waals surface area (Å²) in [6, 6.07) is 0. The fourth-order valence-electron chi connectivity index (χ4n) is 1.30. The van der Waals surface area contributed by atoms with Crippen LogP contribution in [-0.2, 0) is 4.79 Å². The van der Waals surface area contributed by atoms with E-state index in [0.717, 1.165) is 32.2 Å². The van der Waals surface area contributed by atoms with Crippen molar-refractivity contribution in [1.82, 2.24) is 5.32 Å². The third kappa shape index (κ3) is 7.19. The molecule has 0 atom stereocenters. The first-order valence-electron chi connectivity index (χ1n) is 5.57. The van der Waals surface area contributed by atoms with Crippen LogP contribution in [0.3, 0.4) is 0 Å². The zero-order valence-corrected chi connectivity index (χ0v) is 10.1. The molecule has 0 aliphatic carbocycles. The SMILES string of the molecule is CCC(CC)CNC(=O)CCCCCl. The smallest absolute Gasteiger partial charge is 0.220 e. The molecular formula is C11H22ClNO. The second-order valence-corrected chi connectivity index (χ2v) is 4.01. The van der Waals surface area contributed by atoms with Gasteiger partial charge < -0.3 is 5.32 Å². The molecular weight excluding hydrogens is 198 g/mol. The van der Waals surface area contributed by atoms with Gasteiger partial charge in [0, 0.05) is 18.8 Å². The van der Waals surface area contributed by atoms with Crippen LogP contribution >= 0.6 is 11.6 Å². The van der Waals surface area contributed by atoms with Crippen LogP contribution in [0.4, 0.5) is 0 Å². The monoisotopic (exact) mass is 219 g/mol. The molecule has 0 heterocycles. The summed E-state index contributed by atoms with van der Waals surface area (Å²) in [5.74, 6) is 1.45. The quantitative estimate of drug-likeness (QED) is 0.494. The Bertz CT molecular complexity index is 146. The average Bonchev–Trinajstić information content (AvgIpc) is 2.20. The van der Waals surface area contributed by atoms with Gasteiger partial charge in [-0.1, -0.05) is 26.7 Å². The molecule has 1 amide bonds. The second-order valence-electron chi connectivity index (χ2n) is 3.63. The van der Waals surface area contributed by atoms with Crippen molar-refractivity contribution in [3.05, 3.63) is 0 Å². The van der Waals surface area contributed by atoms with E-state index >= 15 is 0 Å². The molecule has 1 N–H and O–H groups in total. The van der Waals surface area contributed by atoms with Crippen LogP contribution in [0.25, 0.3) is 0 Å². The zero-order chi connectivity index (χ0) is 10.8. The first kappa shape index (κ1) is 13.8. The van der Waals surface area contributed by atoms with Gasteiger partial charge in [0.05, 0.1) is 0 Å². The topological polar surface area (TPSA) is 29.1 Å². The molecule has 0 saturated heterocycles. The molecule has 84 valence electrons. The number of hydrogen-bond acceptors (Lipinski definition) is 1. The molecule has 14 heavy (non-hydrogen) atoms. The molecule has 0 aromatic carbocycles. The number of amides is 1. The van der Waals surface area contributed by atoms with E-state index in [-0.39, 0.29) is 5.91 Å². The number of alkyl halides is 1. The predicted octanol–water partition coefficient (Wildman–Crippen LogP) is 2.95. The minimum Gasteiger partial charge on any atom is -0.356 e. The van der Waals surface area contributed by atoms with Crippen molar-refractivity contribution in [2.45, 2.75) is 46.0 Å². The maximum absolute atomic E-state index is 11.3. The number of carbonyl (C=O) groups excluding carboxylic acids is 1. The molecule has 0 rings (SSSR count). The number of rotatable bonds is 8. The molecule has 0 saturated carbocycles. The fraction of sp³-hybridized carbons (Fsp3) is 0.909. The molecule has 0 unspecified atom stereocenters. The molecule has 0 bridgehead atoms. The van der Waals surface area contributed by atoms with Gasteiger partial charge in [0.2, 0.25) is 5.91 Å². The van der Waals surface area contributed by atoms with Crippen molar-refractivity contribution in [3.63, 3.8) is 0 Å². The van der Waals surface area contributed by atoms with Crippen LogP contribution in [0.5, 0.6) is 0 Å². The Hall–Kier alpha value is -0.240. The highest BCUT2D eigenvalue weighted by Crippen LogP contribution is 2.05. The van der Waals surface area contributed by atoms with E-state index in [1.807, 2.05) is 0 Å². The van der Waals surface area contributed by atoms with Crippen LogP contribution in [0, 0.1) is 5.92 Å². The van der Waals surface area contributed by atoms with Gasteiger partial charge in [0.1, 0.15) is 0 Å². The van der Waals surface area contributed by atoms with E-state index in [1.54, 1.807) is 0 Å². The Morgan fingerprint density at radius 2 is 1.93 bits per heavy atom. The Labute approximate surface area is 92.4 Å². The largest absolute Gasteiger partial charge is 0.356 e. The summed E-state index contributed by atoms with van der Waals surface area (Å²) in [5.41, 5.74) is 0. The molecule has 3 heteroatoms. The number of unbranched alkanes of at least 4 members (excludes halogenated alkanes) is 1. The Morgan fingerprint density at radius 1 is 1.29 bits per heavy atom. The Kier molecular flexibility index (Phi) is 9.16. The number of carbonyl (C=O) groups is 1. The van der Waals surface area contributed by atoms with Crippen molar-refractivity contribution < 1.29 is 4.79 Å². The summed E-state index contributed by atoms with van der Waals surface area (Å²) in [7, 11) is 0. The molecule has 0 radical (unpaired) electrons. The maximum Gasteiger partial charge on any atom is 0.220 e. The van der Waals surface area contributed by atoms with Gasteiger partial charge in [-0.15, -0.1) is 11.6 Å². The summed E-state index contributed by atoms with van der Waals surface area (Å²) in [6.45, 7) is 5.15. The second kappa shape index (κ2) is 9.32. The summed E-state index contributed by atoms with van der Waals surface area (Å²) in [4.78, 5) is 11.3. The molecule has 0 aromatic rings. The lowest BCUT2D eigenvalue weighted by molar-refractivity contribution is -0.121. The molecule has 0 aliphatic rings. The predicted molar refractivity (Wildman–Crippen MR) is 61.7 cm³/mol. The highest BCUT2D eigenvalue weighted by molar-refractivity contribution is 6.17. The molecule has 2 nitrogen and oxygen atoms in total. The first-order valence-corrected chi connectivity index (χ1v) is 6.10. The summed E-state index contributed by atoms with van der Waals surface area (Å²) in [5, 5.41) is 2.96. The van der Waals surface area contributed by atoms with Gasteiger partial charge in [-0.25, -0.2) is 0 Å². The van der Waals surface area contributed by atoms with Gasteiger partial charge in [0.15, 0.2) is 0 Å².